The van der Waals surface area contributed by atoms with Crippen molar-refractivity contribution in [2.75, 3.05) is 13.1 Å². The summed E-state index contributed by atoms with van der Waals surface area (Å²) >= 11 is 0. The number of hydrogen-bond donors (Lipinski definition) is 0. The van der Waals surface area contributed by atoms with Gasteiger partial charge in [0.05, 0.1) is 0 Å². The first-order valence-electron chi connectivity index (χ1n) is 5.35. The van der Waals surface area contributed by atoms with E-state index in [0.717, 1.165) is 0 Å². The van der Waals surface area contributed by atoms with Crippen LogP contribution in [-0.4, -0.2) is 35.3 Å². The molecule has 1 saturated heterocycles. The van der Waals surface area contributed by atoms with Gasteiger partial charge in [-0.1, -0.05) is 13.8 Å². The predicted octanol–water partition coefficient (Wildman–Crippen LogP) is 1.56. The van der Waals surface area contributed by atoms with Crippen LogP contribution in [0.4, 0.5) is 4.39 Å². The molecule has 1 fully saturated rings. The van der Waals surface area contributed by atoms with Crippen LogP contribution in [0.1, 0.15) is 33.6 Å². The largest absolute Gasteiger partial charge is 0.336 e. The smallest absolute Gasteiger partial charge is 0.290 e. The highest BCUT2D eigenvalue weighted by Crippen LogP contribution is 2.25. The van der Waals surface area contributed by atoms with Gasteiger partial charge in [0.15, 0.2) is 0 Å². The van der Waals surface area contributed by atoms with Gasteiger partial charge < -0.3 is 4.90 Å². The van der Waals surface area contributed by atoms with Crippen molar-refractivity contribution in [2.45, 2.75) is 39.3 Å². The normalized spacial score (nSPS) is 20.5. The molecule has 0 aliphatic carbocycles. The van der Waals surface area contributed by atoms with E-state index >= 15 is 0 Å². The summed E-state index contributed by atoms with van der Waals surface area (Å²) in [5, 5.41) is 0. The number of alkyl halides is 1. The summed E-state index contributed by atoms with van der Waals surface area (Å²) in [6, 6.07) is 0. The first-order valence-corrected chi connectivity index (χ1v) is 5.35. The third-order valence-corrected chi connectivity index (χ3v) is 2.83. The average Bonchev–Trinajstić information content (AvgIpc) is 2.15. The number of Topliss-reactive ketones (excluding diaryl/α,β-unsaturated/α-hetero) is 1. The molecule has 0 saturated carbocycles. The predicted molar refractivity (Wildman–Crippen MR) is 55.2 cm³/mol. The molecule has 0 spiro atoms. The number of amides is 1. The number of carbonyl (C=O) groups is 2. The monoisotopic (exact) mass is 215 g/mol. The Labute approximate surface area is 89.6 Å². The van der Waals surface area contributed by atoms with Gasteiger partial charge in [0.25, 0.3) is 5.91 Å². The topological polar surface area (TPSA) is 37.4 Å². The minimum absolute atomic E-state index is 0.281. The highest BCUT2D eigenvalue weighted by atomic mass is 19.1. The molecule has 1 amide bonds. The molecular weight excluding hydrogens is 197 g/mol. The molecule has 1 aliphatic rings. The summed E-state index contributed by atoms with van der Waals surface area (Å²) in [6.45, 7) is 5.64. The van der Waals surface area contributed by atoms with E-state index in [9.17, 15) is 14.0 Å². The lowest BCUT2D eigenvalue weighted by Crippen LogP contribution is -2.46. The molecule has 0 aromatic heterocycles. The lowest BCUT2D eigenvalue weighted by atomic mass is 9.95. The lowest BCUT2D eigenvalue weighted by molar-refractivity contribution is -0.147. The van der Waals surface area contributed by atoms with Crippen molar-refractivity contribution in [1.29, 1.82) is 0 Å². The molecule has 3 nitrogen and oxygen atoms in total. The van der Waals surface area contributed by atoms with Crippen LogP contribution in [0.25, 0.3) is 0 Å². The summed E-state index contributed by atoms with van der Waals surface area (Å²) in [4.78, 5) is 24.5. The van der Waals surface area contributed by atoms with Crippen LogP contribution in [0, 0.1) is 5.92 Å². The van der Waals surface area contributed by atoms with Gasteiger partial charge in [-0.3, -0.25) is 9.59 Å². The molecule has 0 atom stereocenters. The summed E-state index contributed by atoms with van der Waals surface area (Å²) < 4.78 is 13.4. The number of ketones is 1. The minimum Gasteiger partial charge on any atom is -0.336 e. The highest BCUT2D eigenvalue weighted by molar-refractivity contribution is 6.36. The molecule has 0 bridgehead atoms. The fourth-order valence-corrected chi connectivity index (χ4v) is 1.58. The molecule has 0 aromatic carbocycles. The van der Waals surface area contributed by atoms with Gasteiger partial charge in [-0.15, -0.1) is 0 Å². The standard InChI is InChI=1S/C11H18FNO2/c1-8(2)9(14)10(15)13-6-4-11(3,12)5-7-13/h8H,4-7H2,1-3H3. The summed E-state index contributed by atoms with van der Waals surface area (Å²) in [5.74, 6) is -1.12. The lowest BCUT2D eigenvalue weighted by Gasteiger charge is -2.33. The van der Waals surface area contributed by atoms with Gasteiger partial charge in [-0.25, -0.2) is 4.39 Å². The average molecular weight is 215 g/mol. The Morgan fingerprint density at radius 2 is 1.73 bits per heavy atom. The van der Waals surface area contributed by atoms with Gasteiger partial charge in [-0.2, -0.15) is 0 Å². The molecule has 15 heavy (non-hydrogen) atoms. The molecule has 0 radical (unpaired) electrons. The third kappa shape index (κ3) is 3.01. The van der Waals surface area contributed by atoms with Crippen LogP contribution < -0.4 is 0 Å². The zero-order valence-corrected chi connectivity index (χ0v) is 9.55. The Balaban J connectivity index is 2.54. The van der Waals surface area contributed by atoms with E-state index in [0.29, 0.717) is 25.9 Å². The van der Waals surface area contributed by atoms with Crippen molar-refractivity contribution >= 4 is 11.7 Å². The number of likely N-dealkylation sites (tertiary alicyclic amines) is 1. The van der Waals surface area contributed by atoms with Crippen molar-refractivity contribution in [3.63, 3.8) is 0 Å². The number of halogens is 1. The first kappa shape index (κ1) is 12.1. The molecular formula is C11H18FNO2. The first-order chi connectivity index (χ1) is 6.83. The van der Waals surface area contributed by atoms with E-state index in [1.807, 2.05) is 0 Å². The Morgan fingerprint density at radius 3 is 2.13 bits per heavy atom. The molecule has 0 aromatic rings. The van der Waals surface area contributed by atoms with E-state index in [-0.39, 0.29) is 11.7 Å². The number of piperidine rings is 1. The number of nitrogens with zero attached hydrogens (tertiary/aromatic N) is 1. The molecule has 0 unspecified atom stereocenters. The van der Waals surface area contributed by atoms with Gasteiger partial charge >= 0.3 is 0 Å². The summed E-state index contributed by atoms with van der Waals surface area (Å²) in [5.41, 5.74) is -1.18. The third-order valence-electron chi connectivity index (χ3n) is 2.83. The Hall–Kier alpha value is -0.930. The van der Waals surface area contributed by atoms with Crippen molar-refractivity contribution in [3.8, 4) is 0 Å². The van der Waals surface area contributed by atoms with E-state index in [4.69, 9.17) is 0 Å². The maximum atomic E-state index is 13.4. The van der Waals surface area contributed by atoms with Gasteiger partial charge in [-0.05, 0) is 19.8 Å². The van der Waals surface area contributed by atoms with Crippen LogP contribution in [0.5, 0.6) is 0 Å². The molecule has 1 rings (SSSR count). The maximum absolute atomic E-state index is 13.4. The second kappa shape index (κ2) is 4.29. The molecule has 86 valence electrons. The quantitative estimate of drug-likeness (QED) is 0.655. The maximum Gasteiger partial charge on any atom is 0.290 e. The molecule has 1 aliphatic heterocycles. The summed E-state index contributed by atoms with van der Waals surface area (Å²) in [6.07, 6.45) is 0.647. The number of rotatable bonds is 2. The van der Waals surface area contributed by atoms with E-state index in [2.05, 4.69) is 0 Å². The Morgan fingerprint density at radius 1 is 1.27 bits per heavy atom. The van der Waals surface area contributed by atoms with E-state index < -0.39 is 11.6 Å². The zero-order chi connectivity index (χ0) is 11.6. The van der Waals surface area contributed by atoms with Crippen molar-refractivity contribution in [1.82, 2.24) is 4.90 Å². The fraction of sp³-hybridized carbons (Fsp3) is 0.818. The van der Waals surface area contributed by atoms with Crippen LogP contribution in [0.2, 0.25) is 0 Å². The van der Waals surface area contributed by atoms with Crippen molar-refractivity contribution in [2.24, 2.45) is 5.92 Å². The van der Waals surface area contributed by atoms with Crippen LogP contribution in [0.15, 0.2) is 0 Å². The van der Waals surface area contributed by atoms with E-state index in [1.54, 1.807) is 20.8 Å². The zero-order valence-electron chi connectivity index (χ0n) is 9.55. The van der Waals surface area contributed by atoms with Gasteiger partial charge in [0.2, 0.25) is 5.78 Å². The van der Waals surface area contributed by atoms with Crippen LogP contribution in [0.3, 0.4) is 0 Å². The van der Waals surface area contributed by atoms with Gasteiger partial charge in [0, 0.05) is 19.0 Å². The van der Waals surface area contributed by atoms with Crippen LogP contribution >= 0.6 is 0 Å². The van der Waals surface area contributed by atoms with E-state index in [1.165, 1.54) is 4.90 Å². The highest BCUT2D eigenvalue weighted by Gasteiger charge is 2.33. The minimum atomic E-state index is -1.18. The van der Waals surface area contributed by atoms with Crippen molar-refractivity contribution in [3.05, 3.63) is 0 Å². The SMILES string of the molecule is CC(C)C(=O)C(=O)N1CCC(C)(F)CC1. The number of hydrogen-bond acceptors (Lipinski definition) is 2. The second-order valence-corrected chi connectivity index (χ2v) is 4.72. The summed E-state index contributed by atoms with van der Waals surface area (Å²) in [7, 11) is 0. The Bertz CT molecular complexity index is 264. The fourth-order valence-electron chi connectivity index (χ4n) is 1.58. The molecule has 4 heteroatoms. The molecule has 1 heterocycles. The second-order valence-electron chi connectivity index (χ2n) is 4.72. The van der Waals surface area contributed by atoms with Gasteiger partial charge in [0.1, 0.15) is 5.67 Å². The van der Waals surface area contributed by atoms with Crippen LogP contribution in [-0.2, 0) is 9.59 Å². The molecule has 0 N–H and O–H groups in total. The Kier molecular flexibility index (Phi) is 3.47. The number of carbonyl (C=O) groups excluding carboxylic acids is 2. The van der Waals surface area contributed by atoms with Crippen molar-refractivity contribution < 1.29 is 14.0 Å².